The van der Waals surface area contributed by atoms with E-state index in [-0.39, 0.29) is 11.6 Å². The maximum Gasteiger partial charge on any atom is 0.127 e. The zero-order chi connectivity index (χ0) is 14.8. The second-order valence-corrected chi connectivity index (χ2v) is 6.45. The summed E-state index contributed by atoms with van der Waals surface area (Å²) in [6.45, 7) is 0.520. The fourth-order valence-corrected chi connectivity index (χ4v) is 3.16. The molecule has 0 atom stereocenters. The molecule has 1 aliphatic rings. The summed E-state index contributed by atoms with van der Waals surface area (Å²) >= 11 is 3.35. The molecule has 0 spiro atoms. The van der Waals surface area contributed by atoms with Crippen molar-refractivity contribution in [1.29, 1.82) is 0 Å². The van der Waals surface area contributed by atoms with E-state index < -0.39 is 0 Å². The van der Waals surface area contributed by atoms with Gasteiger partial charge < -0.3 is 5.32 Å². The maximum absolute atomic E-state index is 13.6. The van der Waals surface area contributed by atoms with Gasteiger partial charge in [0.05, 0.1) is 0 Å². The van der Waals surface area contributed by atoms with Gasteiger partial charge in [-0.2, -0.15) is 0 Å². The van der Waals surface area contributed by atoms with Crippen molar-refractivity contribution in [2.24, 2.45) is 0 Å². The van der Waals surface area contributed by atoms with Crippen LogP contribution in [0, 0.1) is 11.6 Å². The van der Waals surface area contributed by atoms with E-state index in [4.69, 9.17) is 0 Å². The number of hydrogen-bond donors (Lipinski definition) is 1. The molecule has 0 radical (unpaired) electrons. The lowest BCUT2D eigenvalue weighted by atomic mass is 9.76. The first-order valence-corrected chi connectivity index (χ1v) is 7.84. The zero-order valence-electron chi connectivity index (χ0n) is 11.5. The van der Waals surface area contributed by atoms with Crippen LogP contribution in [0.4, 0.5) is 8.78 Å². The van der Waals surface area contributed by atoms with E-state index in [1.165, 1.54) is 12.1 Å². The Labute approximate surface area is 131 Å². The minimum Gasteiger partial charge on any atom is -0.310 e. The van der Waals surface area contributed by atoms with Crippen molar-refractivity contribution in [2.45, 2.75) is 31.3 Å². The second kappa shape index (κ2) is 6.24. The normalized spacial score (nSPS) is 21.1. The number of hydrogen-bond acceptors (Lipinski definition) is 1. The molecule has 0 heterocycles. The first-order valence-electron chi connectivity index (χ1n) is 7.04. The molecule has 0 aromatic heterocycles. The Morgan fingerprint density at radius 2 is 1.90 bits per heavy atom. The van der Waals surface area contributed by atoms with Crippen LogP contribution < -0.4 is 5.32 Å². The highest BCUT2D eigenvalue weighted by atomic mass is 79.9. The summed E-state index contributed by atoms with van der Waals surface area (Å²) in [6.07, 6.45) is 1.94. The van der Waals surface area contributed by atoms with Crippen LogP contribution in [0.15, 0.2) is 46.9 Å². The van der Waals surface area contributed by atoms with Gasteiger partial charge in [-0.25, -0.2) is 8.78 Å². The van der Waals surface area contributed by atoms with Gasteiger partial charge in [-0.05, 0) is 54.7 Å². The Morgan fingerprint density at radius 1 is 1.10 bits per heavy atom. The quantitative estimate of drug-likeness (QED) is 0.836. The van der Waals surface area contributed by atoms with Crippen LogP contribution in [-0.4, -0.2) is 6.04 Å². The molecular formula is C17H16BrF2N. The van der Waals surface area contributed by atoms with Gasteiger partial charge in [-0.3, -0.25) is 0 Å². The van der Waals surface area contributed by atoms with E-state index in [2.05, 4.69) is 21.2 Å². The Bertz CT molecular complexity index is 638. The third-order valence-corrected chi connectivity index (χ3v) is 4.54. The van der Waals surface area contributed by atoms with Gasteiger partial charge in [0, 0.05) is 22.6 Å². The van der Waals surface area contributed by atoms with Gasteiger partial charge in [0.25, 0.3) is 0 Å². The van der Waals surface area contributed by atoms with Crippen LogP contribution in [0.2, 0.25) is 0 Å². The van der Waals surface area contributed by atoms with Crippen LogP contribution in [0.25, 0.3) is 0 Å². The minimum absolute atomic E-state index is 0.180. The lowest BCUT2D eigenvalue weighted by Gasteiger charge is -2.36. The topological polar surface area (TPSA) is 12.0 Å². The average molecular weight is 352 g/mol. The molecular weight excluding hydrogens is 336 g/mol. The summed E-state index contributed by atoms with van der Waals surface area (Å²) in [7, 11) is 0. The van der Waals surface area contributed by atoms with Gasteiger partial charge >= 0.3 is 0 Å². The highest BCUT2D eigenvalue weighted by Gasteiger charge is 2.30. The lowest BCUT2D eigenvalue weighted by molar-refractivity contribution is 0.288. The highest BCUT2D eigenvalue weighted by molar-refractivity contribution is 9.10. The average Bonchev–Trinajstić information content (AvgIpc) is 2.41. The van der Waals surface area contributed by atoms with Gasteiger partial charge in [-0.15, -0.1) is 0 Å². The molecule has 1 N–H and O–H groups in total. The van der Waals surface area contributed by atoms with E-state index in [1.807, 2.05) is 6.07 Å². The van der Waals surface area contributed by atoms with Gasteiger partial charge in [-0.1, -0.05) is 28.1 Å². The third kappa shape index (κ3) is 3.50. The van der Waals surface area contributed by atoms with E-state index in [9.17, 15) is 8.78 Å². The Kier molecular flexibility index (Phi) is 4.36. The molecule has 4 heteroatoms. The molecule has 1 saturated carbocycles. The van der Waals surface area contributed by atoms with Crippen molar-refractivity contribution in [1.82, 2.24) is 5.32 Å². The summed E-state index contributed by atoms with van der Waals surface area (Å²) in [6, 6.07) is 12.1. The molecule has 1 nitrogen and oxygen atoms in total. The maximum atomic E-state index is 13.6. The summed E-state index contributed by atoms with van der Waals surface area (Å²) in [5, 5.41) is 3.36. The van der Waals surface area contributed by atoms with E-state index >= 15 is 0 Å². The zero-order valence-corrected chi connectivity index (χ0v) is 13.0. The molecule has 0 amide bonds. The molecule has 110 valence electrons. The fraction of sp³-hybridized carbons (Fsp3) is 0.294. The number of rotatable bonds is 4. The predicted octanol–water partition coefficient (Wildman–Crippen LogP) is 4.76. The van der Waals surface area contributed by atoms with Crippen molar-refractivity contribution < 1.29 is 8.78 Å². The van der Waals surface area contributed by atoms with E-state index in [0.717, 1.165) is 22.9 Å². The van der Waals surface area contributed by atoms with Crippen LogP contribution in [0.1, 0.15) is 29.9 Å². The van der Waals surface area contributed by atoms with Crippen molar-refractivity contribution >= 4 is 15.9 Å². The Morgan fingerprint density at radius 3 is 2.67 bits per heavy atom. The largest absolute Gasteiger partial charge is 0.310 e. The van der Waals surface area contributed by atoms with Crippen LogP contribution >= 0.6 is 15.9 Å². The summed E-state index contributed by atoms with van der Waals surface area (Å²) in [5.74, 6) is 0.0392. The number of halogens is 3. The SMILES string of the molecule is Fc1cccc(C2CC(NCc3cc(Br)ccc3F)C2)c1. The van der Waals surface area contributed by atoms with Crippen LogP contribution in [0.5, 0.6) is 0 Å². The molecule has 2 aromatic rings. The Balaban J connectivity index is 1.52. The van der Waals surface area contributed by atoms with Crippen molar-refractivity contribution in [3.05, 3.63) is 69.7 Å². The van der Waals surface area contributed by atoms with Gasteiger partial charge in [0.1, 0.15) is 11.6 Å². The first-order chi connectivity index (χ1) is 10.1. The predicted molar refractivity (Wildman–Crippen MR) is 83.1 cm³/mol. The monoisotopic (exact) mass is 351 g/mol. The van der Waals surface area contributed by atoms with E-state index in [0.29, 0.717) is 24.1 Å². The summed E-state index contributed by atoms with van der Waals surface area (Å²) in [5.41, 5.74) is 1.72. The van der Waals surface area contributed by atoms with Crippen LogP contribution in [-0.2, 0) is 6.54 Å². The number of benzene rings is 2. The number of nitrogens with one attached hydrogen (secondary N) is 1. The third-order valence-electron chi connectivity index (χ3n) is 4.05. The highest BCUT2D eigenvalue weighted by Crippen LogP contribution is 2.37. The van der Waals surface area contributed by atoms with Crippen molar-refractivity contribution in [3.63, 3.8) is 0 Å². The molecule has 3 rings (SSSR count). The second-order valence-electron chi connectivity index (χ2n) is 5.54. The molecule has 0 bridgehead atoms. The summed E-state index contributed by atoms with van der Waals surface area (Å²) < 4.78 is 27.7. The standard InChI is InChI=1S/C17H16BrF2N/c18-14-4-5-17(20)13(6-14)10-21-16-8-12(9-16)11-2-1-3-15(19)7-11/h1-7,12,16,21H,8-10H2. The smallest absolute Gasteiger partial charge is 0.127 e. The first kappa shape index (κ1) is 14.7. The van der Waals surface area contributed by atoms with E-state index in [1.54, 1.807) is 24.3 Å². The molecule has 0 aliphatic heterocycles. The minimum atomic E-state index is -0.188. The molecule has 21 heavy (non-hydrogen) atoms. The molecule has 1 fully saturated rings. The van der Waals surface area contributed by atoms with Crippen molar-refractivity contribution in [3.8, 4) is 0 Å². The molecule has 0 saturated heterocycles. The molecule has 2 aromatic carbocycles. The Hall–Kier alpha value is -1.26. The molecule has 0 unspecified atom stereocenters. The van der Waals surface area contributed by atoms with Gasteiger partial charge in [0.15, 0.2) is 0 Å². The van der Waals surface area contributed by atoms with Crippen molar-refractivity contribution in [2.75, 3.05) is 0 Å². The summed E-state index contributed by atoms with van der Waals surface area (Å²) in [4.78, 5) is 0. The van der Waals surface area contributed by atoms with Crippen LogP contribution in [0.3, 0.4) is 0 Å². The fourth-order valence-electron chi connectivity index (χ4n) is 2.75. The van der Waals surface area contributed by atoms with Gasteiger partial charge in [0.2, 0.25) is 0 Å². The lowest BCUT2D eigenvalue weighted by Crippen LogP contribution is -2.39. The molecule has 1 aliphatic carbocycles.